The first-order valence-electron chi connectivity index (χ1n) is 6.62. The second-order valence-electron chi connectivity index (χ2n) is 5.05. The van der Waals surface area contributed by atoms with Crippen LogP contribution < -0.4 is 0 Å². The molecular weight excluding hydrogens is 270 g/mol. The summed E-state index contributed by atoms with van der Waals surface area (Å²) in [5.41, 5.74) is 5.52. The quantitative estimate of drug-likeness (QED) is 0.656. The number of rotatable bonds is 2. The van der Waals surface area contributed by atoms with Crippen LogP contribution in [0.4, 0.5) is 0 Å². The molecule has 0 fully saturated rings. The van der Waals surface area contributed by atoms with E-state index in [4.69, 9.17) is 11.6 Å². The molecule has 102 valence electrons. The van der Waals surface area contributed by atoms with Crippen LogP contribution in [0.15, 0.2) is 36.7 Å². The monoisotopic (exact) mass is 285 g/mol. The van der Waals surface area contributed by atoms with Crippen LogP contribution in [0.5, 0.6) is 0 Å². The highest BCUT2D eigenvalue weighted by Crippen LogP contribution is 2.28. The number of aryl methyl sites for hydroxylation is 2. The molecule has 3 rings (SSSR count). The number of imidazole rings is 1. The van der Waals surface area contributed by atoms with Crippen molar-refractivity contribution >= 4 is 22.6 Å². The fraction of sp³-hybridized carbons (Fsp3) is 0.250. The molecule has 20 heavy (non-hydrogen) atoms. The predicted molar refractivity (Wildman–Crippen MR) is 82.6 cm³/mol. The number of aromatic nitrogens is 3. The Morgan fingerprint density at radius 1 is 1.15 bits per heavy atom. The zero-order chi connectivity index (χ0) is 14.3. The van der Waals surface area contributed by atoms with Gasteiger partial charge in [-0.15, -0.1) is 11.6 Å². The van der Waals surface area contributed by atoms with Gasteiger partial charge in [-0.3, -0.25) is 9.55 Å². The van der Waals surface area contributed by atoms with E-state index in [9.17, 15) is 0 Å². The van der Waals surface area contributed by atoms with Crippen molar-refractivity contribution in [2.24, 2.45) is 0 Å². The van der Waals surface area contributed by atoms with Gasteiger partial charge in [0.2, 0.25) is 0 Å². The highest BCUT2D eigenvalue weighted by molar-refractivity contribution is 6.20. The SMILES string of the molecule is Cc1ccc(-n2c(C(C)Cl)nc3cnccc32)cc1C. The number of benzene rings is 1. The third kappa shape index (κ3) is 2.08. The van der Waals surface area contributed by atoms with Crippen LogP contribution in [0.2, 0.25) is 0 Å². The summed E-state index contributed by atoms with van der Waals surface area (Å²) in [5.74, 6) is 0.845. The Kier molecular flexibility index (Phi) is 3.22. The Labute approximate surface area is 123 Å². The van der Waals surface area contributed by atoms with Gasteiger partial charge in [-0.1, -0.05) is 6.07 Å². The molecule has 1 atom stereocenters. The molecule has 2 aromatic heterocycles. The Bertz CT molecular complexity index is 774. The van der Waals surface area contributed by atoms with E-state index in [0.717, 1.165) is 22.5 Å². The van der Waals surface area contributed by atoms with Crippen molar-refractivity contribution in [1.29, 1.82) is 0 Å². The second-order valence-corrected chi connectivity index (χ2v) is 5.71. The number of fused-ring (bicyclic) bond motifs is 1. The van der Waals surface area contributed by atoms with Crippen molar-refractivity contribution < 1.29 is 0 Å². The van der Waals surface area contributed by atoms with E-state index in [1.807, 2.05) is 13.0 Å². The number of alkyl halides is 1. The highest BCUT2D eigenvalue weighted by Gasteiger charge is 2.16. The fourth-order valence-electron chi connectivity index (χ4n) is 2.35. The number of halogens is 1. The van der Waals surface area contributed by atoms with Crippen LogP contribution >= 0.6 is 11.6 Å². The molecule has 0 spiro atoms. The average molecular weight is 286 g/mol. The first kappa shape index (κ1) is 13.1. The molecule has 1 aromatic carbocycles. The minimum atomic E-state index is -0.163. The molecular formula is C16H16ClN3. The lowest BCUT2D eigenvalue weighted by Crippen LogP contribution is -2.02. The molecule has 0 saturated heterocycles. The Hall–Kier alpha value is -1.87. The summed E-state index contributed by atoms with van der Waals surface area (Å²) in [6.45, 7) is 6.16. The van der Waals surface area contributed by atoms with E-state index in [1.165, 1.54) is 11.1 Å². The van der Waals surface area contributed by atoms with Crippen molar-refractivity contribution in [3.05, 3.63) is 53.6 Å². The minimum absolute atomic E-state index is 0.163. The van der Waals surface area contributed by atoms with Gasteiger partial charge in [0.15, 0.2) is 0 Å². The van der Waals surface area contributed by atoms with Crippen molar-refractivity contribution in [2.75, 3.05) is 0 Å². The largest absolute Gasteiger partial charge is 0.295 e. The molecule has 0 saturated carbocycles. The molecule has 1 unspecified atom stereocenters. The zero-order valence-corrected chi connectivity index (χ0v) is 12.5. The molecule has 0 aliphatic carbocycles. The third-order valence-electron chi connectivity index (χ3n) is 3.59. The lowest BCUT2D eigenvalue weighted by molar-refractivity contribution is 0.881. The Morgan fingerprint density at radius 2 is 1.95 bits per heavy atom. The van der Waals surface area contributed by atoms with E-state index in [1.54, 1.807) is 12.4 Å². The molecule has 3 aromatic rings. The average Bonchev–Trinajstić information content (AvgIpc) is 2.81. The van der Waals surface area contributed by atoms with E-state index < -0.39 is 0 Å². The normalized spacial score (nSPS) is 12.8. The van der Waals surface area contributed by atoms with E-state index >= 15 is 0 Å². The highest BCUT2D eigenvalue weighted by atomic mass is 35.5. The molecule has 0 aliphatic heterocycles. The first-order chi connectivity index (χ1) is 9.58. The summed E-state index contributed by atoms with van der Waals surface area (Å²) in [6.07, 6.45) is 3.56. The Balaban J connectivity index is 2.33. The standard InChI is InChI=1S/C16H16ClN3/c1-10-4-5-13(8-11(10)2)20-15-6-7-18-9-14(15)19-16(20)12(3)17/h4-9,12H,1-3H3. The van der Waals surface area contributed by atoms with Crippen LogP contribution in [-0.4, -0.2) is 14.5 Å². The smallest absolute Gasteiger partial charge is 0.132 e. The van der Waals surface area contributed by atoms with Gasteiger partial charge in [-0.2, -0.15) is 0 Å². The topological polar surface area (TPSA) is 30.7 Å². The summed E-state index contributed by atoms with van der Waals surface area (Å²) in [6, 6.07) is 8.37. The van der Waals surface area contributed by atoms with Crippen LogP contribution in [0.3, 0.4) is 0 Å². The fourth-order valence-corrected chi connectivity index (χ4v) is 2.50. The van der Waals surface area contributed by atoms with Crippen molar-refractivity contribution in [2.45, 2.75) is 26.1 Å². The third-order valence-corrected chi connectivity index (χ3v) is 3.78. The lowest BCUT2D eigenvalue weighted by atomic mass is 10.1. The van der Waals surface area contributed by atoms with Crippen LogP contribution in [-0.2, 0) is 0 Å². The number of hydrogen-bond acceptors (Lipinski definition) is 2. The minimum Gasteiger partial charge on any atom is -0.295 e. The van der Waals surface area contributed by atoms with Gasteiger partial charge in [0.05, 0.1) is 17.1 Å². The maximum absolute atomic E-state index is 6.30. The molecule has 0 N–H and O–H groups in total. The molecule has 0 amide bonds. The van der Waals surface area contributed by atoms with Crippen LogP contribution in [0.1, 0.15) is 29.3 Å². The number of hydrogen-bond donors (Lipinski definition) is 0. The summed E-state index contributed by atoms with van der Waals surface area (Å²) in [4.78, 5) is 8.74. The lowest BCUT2D eigenvalue weighted by Gasteiger charge is -2.12. The van der Waals surface area contributed by atoms with Gasteiger partial charge in [0.25, 0.3) is 0 Å². The van der Waals surface area contributed by atoms with Crippen molar-refractivity contribution in [3.63, 3.8) is 0 Å². The summed E-state index contributed by atoms with van der Waals surface area (Å²) in [5, 5.41) is -0.163. The van der Waals surface area contributed by atoms with Gasteiger partial charge in [-0.05, 0) is 50.1 Å². The number of nitrogens with zero attached hydrogens (tertiary/aromatic N) is 3. The van der Waals surface area contributed by atoms with E-state index in [2.05, 4.69) is 46.6 Å². The van der Waals surface area contributed by atoms with Gasteiger partial charge in [-0.25, -0.2) is 4.98 Å². The number of pyridine rings is 1. The summed E-state index contributed by atoms with van der Waals surface area (Å²) >= 11 is 6.30. The van der Waals surface area contributed by atoms with Gasteiger partial charge < -0.3 is 0 Å². The second kappa shape index (κ2) is 4.91. The summed E-state index contributed by atoms with van der Waals surface area (Å²) in [7, 11) is 0. The van der Waals surface area contributed by atoms with E-state index in [-0.39, 0.29) is 5.38 Å². The summed E-state index contributed by atoms with van der Waals surface area (Å²) < 4.78 is 2.11. The molecule has 3 nitrogen and oxygen atoms in total. The maximum atomic E-state index is 6.30. The van der Waals surface area contributed by atoms with Crippen LogP contribution in [0, 0.1) is 13.8 Å². The molecule has 0 bridgehead atoms. The van der Waals surface area contributed by atoms with Gasteiger partial charge in [0.1, 0.15) is 11.3 Å². The molecule has 0 aliphatic rings. The van der Waals surface area contributed by atoms with Crippen molar-refractivity contribution in [1.82, 2.24) is 14.5 Å². The molecule has 2 heterocycles. The molecule has 0 radical (unpaired) electrons. The maximum Gasteiger partial charge on any atom is 0.132 e. The molecule has 4 heteroatoms. The Morgan fingerprint density at radius 3 is 2.65 bits per heavy atom. The van der Waals surface area contributed by atoms with Crippen molar-refractivity contribution in [3.8, 4) is 5.69 Å². The van der Waals surface area contributed by atoms with Gasteiger partial charge >= 0.3 is 0 Å². The van der Waals surface area contributed by atoms with Gasteiger partial charge in [0, 0.05) is 11.9 Å². The van der Waals surface area contributed by atoms with Crippen LogP contribution in [0.25, 0.3) is 16.7 Å². The first-order valence-corrected chi connectivity index (χ1v) is 7.05. The zero-order valence-electron chi connectivity index (χ0n) is 11.8. The van der Waals surface area contributed by atoms with E-state index in [0.29, 0.717) is 0 Å². The predicted octanol–water partition coefficient (Wildman–Crippen LogP) is 4.34.